The van der Waals surface area contributed by atoms with Gasteiger partial charge >= 0.3 is 0 Å². The molecule has 0 radical (unpaired) electrons. The standard InChI is InChI=1S/C24H20BrN5O2/c25-18-14-26-24(29-8-10-32-11-9-29)30-23(18)21(22(28-30)15-4-2-1-3-5-15)16-6-7-19-17(12-16)13-20(31)27-19/h1-7,12,14H,8-11,13H2,(H,27,31). The van der Waals surface area contributed by atoms with Crippen molar-refractivity contribution in [1.29, 1.82) is 0 Å². The van der Waals surface area contributed by atoms with Crippen LogP contribution in [0.5, 0.6) is 0 Å². The van der Waals surface area contributed by atoms with E-state index in [9.17, 15) is 4.79 Å². The third-order valence-electron chi connectivity index (χ3n) is 5.95. The second kappa shape index (κ2) is 7.72. The number of anilines is 2. The number of rotatable bonds is 3. The number of benzene rings is 2. The van der Waals surface area contributed by atoms with Crippen LogP contribution in [-0.2, 0) is 16.0 Å². The number of ether oxygens (including phenoxy) is 1. The lowest BCUT2D eigenvalue weighted by Crippen LogP contribution is -2.38. The molecule has 0 saturated carbocycles. The van der Waals surface area contributed by atoms with Crippen LogP contribution in [-0.4, -0.2) is 46.8 Å². The zero-order valence-electron chi connectivity index (χ0n) is 17.2. The van der Waals surface area contributed by atoms with Crippen molar-refractivity contribution < 1.29 is 9.53 Å². The summed E-state index contributed by atoms with van der Waals surface area (Å²) in [6.07, 6.45) is 2.24. The van der Waals surface area contributed by atoms with E-state index in [0.717, 1.165) is 62.7 Å². The van der Waals surface area contributed by atoms with Gasteiger partial charge in [0.05, 0.1) is 29.6 Å². The predicted molar refractivity (Wildman–Crippen MR) is 127 cm³/mol. The summed E-state index contributed by atoms with van der Waals surface area (Å²) < 4.78 is 8.34. The molecule has 32 heavy (non-hydrogen) atoms. The molecule has 0 unspecified atom stereocenters. The quantitative estimate of drug-likeness (QED) is 0.467. The molecule has 0 spiro atoms. The van der Waals surface area contributed by atoms with Crippen LogP contribution < -0.4 is 10.2 Å². The fraction of sp³-hybridized carbons (Fsp3) is 0.208. The van der Waals surface area contributed by atoms with Crippen LogP contribution in [0.1, 0.15) is 5.56 Å². The Bertz CT molecular complexity index is 1350. The first-order valence-electron chi connectivity index (χ1n) is 10.6. The van der Waals surface area contributed by atoms with E-state index >= 15 is 0 Å². The molecule has 4 aromatic rings. The molecule has 2 aromatic carbocycles. The van der Waals surface area contributed by atoms with Gasteiger partial charge in [-0.2, -0.15) is 9.61 Å². The Morgan fingerprint density at radius 1 is 1.03 bits per heavy atom. The zero-order chi connectivity index (χ0) is 21.7. The van der Waals surface area contributed by atoms with Crippen molar-refractivity contribution in [3.05, 3.63) is 64.8 Å². The minimum Gasteiger partial charge on any atom is -0.378 e. The average Bonchev–Trinajstić information content (AvgIpc) is 3.40. The van der Waals surface area contributed by atoms with E-state index in [4.69, 9.17) is 14.8 Å². The number of hydrogen-bond acceptors (Lipinski definition) is 5. The van der Waals surface area contributed by atoms with Gasteiger partial charge in [-0.05, 0) is 39.2 Å². The number of morpholine rings is 1. The molecule has 8 heteroatoms. The first kappa shape index (κ1) is 19.5. The number of carbonyl (C=O) groups is 1. The molecule has 2 aliphatic rings. The highest BCUT2D eigenvalue weighted by molar-refractivity contribution is 9.10. The topological polar surface area (TPSA) is 71.8 Å². The molecular formula is C24H20BrN5O2. The summed E-state index contributed by atoms with van der Waals surface area (Å²) in [5.74, 6) is 0.827. The number of carbonyl (C=O) groups excluding carboxylic acids is 1. The number of aromatic nitrogens is 3. The average molecular weight is 490 g/mol. The maximum atomic E-state index is 11.9. The molecule has 4 heterocycles. The highest BCUT2D eigenvalue weighted by Crippen LogP contribution is 2.41. The fourth-order valence-corrected chi connectivity index (χ4v) is 4.92. The number of halogens is 1. The highest BCUT2D eigenvalue weighted by atomic mass is 79.9. The van der Waals surface area contributed by atoms with E-state index in [1.807, 2.05) is 35.0 Å². The van der Waals surface area contributed by atoms with E-state index in [1.165, 1.54) is 0 Å². The molecule has 6 rings (SSSR count). The smallest absolute Gasteiger partial charge is 0.228 e. The zero-order valence-corrected chi connectivity index (χ0v) is 18.8. The van der Waals surface area contributed by atoms with Gasteiger partial charge in [0.1, 0.15) is 5.69 Å². The largest absolute Gasteiger partial charge is 0.378 e. The Morgan fingerprint density at radius 2 is 1.84 bits per heavy atom. The first-order chi connectivity index (χ1) is 15.7. The van der Waals surface area contributed by atoms with Crippen LogP contribution >= 0.6 is 15.9 Å². The molecule has 2 aromatic heterocycles. The van der Waals surface area contributed by atoms with Crippen molar-refractivity contribution in [3.8, 4) is 22.4 Å². The Kier molecular flexibility index (Phi) is 4.69. The summed E-state index contributed by atoms with van der Waals surface area (Å²) in [4.78, 5) is 18.8. The highest BCUT2D eigenvalue weighted by Gasteiger charge is 2.25. The molecule has 7 nitrogen and oxygen atoms in total. The maximum Gasteiger partial charge on any atom is 0.228 e. The summed E-state index contributed by atoms with van der Waals surface area (Å²) in [5, 5.41) is 7.98. The van der Waals surface area contributed by atoms with Crippen molar-refractivity contribution in [2.24, 2.45) is 0 Å². The predicted octanol–water partition coefficient (Wildman–Crippen LogP) is 4.16. The summed E-state index contributed by atoms with van der Waals surface area (Å²) in [7, 11) is 0. The minimum absolute atomic E-state index is 0.0280. The number of nitrogens with one attached hydrogen (secondary N) is 1. The molecular weight excluding hydrogens is 470 g/mol. The van der Waals surface area contributed by atoms with E-state index in [-0.39, 0.29) is 5.91 Å². The van der Waals surface area contributed by atoms with Crippen molar-refractivity contribution in [1.82, 2.24) is 14.6 Å². The lowest BCUT2D eigenvalue weighted by molar-refractivity contribution is -0.115. The molecule has 160 valence electrons. The Balaban J connectivity index is 1.62. The van der Waals surface area contributed by atoms with Crippen molar-refractivity contribution in [2.45, 2.75) is 6.42 Å². The van der Waals surface area contributed by atoms with Crippen molar-refractivity contribution >= 4 is 39.0 Å². The summed E-state index contributed by atoms with van der Waals surface area (Å²) in [6.45, 7) is 2.88. The Morgan fingerprint density at radius 3 is 2.66 bits per heavy atom. The molecule has 0 atom stereocenters. The lowest BCUT2D eigenvalue weighted by atomic mass is 9.97. The van der Waals surface area contributed by atoms with Gasteiger partial charge in [-0.15, -0.1) is 0 Å². The van der Waals surface area contributed by atoms with E-state index in [2.05, 4.69) is 50.4 Å². The van der Waals surface area contributed by atoms with Crippen LogP contribution in [0.15, 0.2) is 59.2 Å². The van der Waals surface area contributed by atoms with Crippen LogP contribution in [0.25, 0.3) is 27.9 Å². The van der Waals surface area contributed by atoms with Crippen LogP contribution in [0, 0.1) is 0 Å². The van der Waals surface area contributed by atoms with Crippen molar-refractivity contribution in [2.75, 3.05) is 36.5 Å². The molecule has 0 aliphatic carbocycles. The molecule has 0 bridgehead atoms. The second-order valence-electron chi connectivity index (χ2n) is 7.95. The van der Waals surface area contributed by atoms with Crippen LogP contribution in [0.3, 0.4) is 0 Å². The number of fused-ring (bicyclic) bond motifs is 2. The van der Waals surface area contributed by atoms with Gasteiger partial charge in [-0.3, -0.25) is 4.79 Å². The number of amides is 1. The molecule has 1 N–H and O–H groups in total. The minimum atomic E-state index is 0.0280. The van der Waals surface area contributed by atoms with E-state index in [1.54, 1.807) is 0 Å². The van der Waals surface area contributed by atoms with Gasteiger partial charge < -0.3 is 15.0 Å². The van der Waals surface area contributed by atoms with Crippen molar-refractivity contribution in [3.63, 3.8) is 0 Å². The van der Waals surface area contributed by atoms with E-state index in [0.29, 0.717) is 19.6 Å². The summed E-state index contributed by atoms with van der Waals surface area (Å²) in [5.41, 5.74) is 6.79. The van der Waals surface area contributed by atoms with Gasteiger partial charge in [0.25, 0.3) is 0 Å². The molecule has 2 aliphatic heterocycles. The van der Waals surface area contributed by atoms with Gasteiger partial charge in [0.15, 0.2) is 0 Å². The maximum absolute atomic E-state index is 11.9. The van der Waals surface area contributed by atoms with Crippen LogP contribution in [0.2, 0.25) is 0 Å². The summed E-state index contributed by atoms with van der Waals surface area (Å²) >= 11 is 3.73. The van der Waals surface area contributed by atoms with E-state index < -0.39 is 0 Å². The van der Waals surface area contributed by atoms with Crippen LogP contribution in [0.4, 0.5) is 11.6 Å². The summed E-state index contributed by atoms with van der Waals surface area (Å²) in [6, 6.07) is 16.3. The van der Waals surface area contributed by atoms with Gasteiger partial charge in [-0.1, -0.05) is 36.4 Å². The molecule has 1 saturated heterocycles. The molecule has 1 fully saturated rings. The normalized spacial score (nSPS) is 15.8. The number of nitrogens with zero attached hydrogens (tertiary/aromatic N) is 4. The fourth-order valence-electron chi connectivity index (χ4n) is 4.45. The Hall–Kier alpha value is -3.23. The number of hydrogen-bond donors (Lipinski definition) is 1. The SMILES string of the molecule is O=C1Cc2cc(-c3c(-c4ccccc4)nn4c(N5CCOCC5)ncc(Br)c34)ccc2N1. The first-order valence-corrected chi connectivity index (χ1v) is 11.4. The third-order valence-corrected chi connectivity index (χ3v) is 6.53. The second-order valence-corrected chi connectivity index (χ2v) is 8.81. The monoisotopic (exact) mass is 489 g/mol. The van der Waals surface area contributed by atoms with Gasteiger partial charge in [-0.25, -0.2) is 4.98 Å². The molecule has 1 amide bonds. The third kappa shape index (κ3) is 3.18. The van der Waals surface area contributed by atoms with Gasteiger partial charge in [0.2, 0.25) is 11.9 Å². The van der Waals surface area contributed by atoms with Gasteiger partial charge in [0, 0.05) is 36.1 Å². The lowest BCUT2D eigenvalue weighted by Gasteiger charge is -2.27. The Labute approximate surface area is 193 Å².